The molecular formula is C22H27N5O2S2. The number of hydrogen-bond acceptors (Lipinski definition) is 7. The summed E-state index contributed by atoms with van der Waals surface area (Å²) in [6, 6.07) is 5.80. The van der Waals surface area contributed by atoms with Gasteiger partial charge in [-0.05, 0) is 51.0 Å². The maximum absolute atomic E-state index is 13.1. The van der Waals surface area contributed by atoms with E-state index < -0.39 is 0 Å². The average molecular weight is 458 g/mol. The lowest BCUT2D eigenvalue weighted by Gasteiger charge is -2.15. The van der Waals surface area contributed by atoms with E-state index in [-0.39, 0.29) is 17.2 Å². The van der Waals surface area contributed by atoms with E-state index in [2.05, 4.69) is 40.6 Å². The van der Waals surface area contributed by atoms with E-state index in [1.54, 1.807) is 10.6 Å². The van der Waals surface area contributed by atoms with Gasteiger partial charge in [0.25, 0.3) is 5.56 Å². The molecule has 1 amide bonds. The largest absolute Gasteiger partial charge is 0.349 e. The maximum atomic E-state index is 13.1. The number of rotatable bonds is 9. The summed E-state index contributed by atoms with van der Waals surface area (Å²) in [5, 5.41) is 4.15. The first-order chi connectivity index (χ1) is 14.9. The summed E-state index contributed by atoms with van der Waals surface area (Å²) in [4.78, 5) is 36.8. The summed E-state index contributed by atoms with van der Waals surface area (Å²) in [6.07, 6.45) is 1.65. The molecule has 0 aliphatic rings. The van der Waals surface area contributed by atoms with Crippen LogP contribution < -0.4 is 15.8 Å². The minimum Gasteiger partial charge on any atom is -0.349 e. The van der Waals surface area contributed by atoms with Crippen molar-refractivity contribution in [2.45, 2.75) is 39.4 Å². The van der Waals surface area contributed by atoms with Crippen LogP contribution in [0.1, 0.15) is 25.0 Å². The number of nitrogens with one attached hydrogen (secondary N) is 1. The third-order valence-electron chi connectivity index (χ3n) is 4.94. The third-order valence-corrected chi connectivity index (χ3v) is 7.01. The van der Waals surface area contributed by atoms with Crippen LogP contribution in [0.25, 0.3) is 10.3 Å². The second-order valence-electron chi connectivity index (χ2n) is 7.06. The number of amides is 1. The summed E-state index contributed by atoms with van der Waals surface area (Å²) < 4.78 is 2.07. The van der Waals surface area contributed by atoms with Gasteiger partial charge in [0.2, 0.25) is 5.91 Å². The van der Waals surface area contributed by atoms with Crippen molar-refractivity contribution in [2.75, 3.05) is 29.1 Å². The molecule has 2 heterocycles. The van der Waals surface area contributed by atoms with E-state index in [0.717, 1.165) is 29.5 Å². The highest BCUT2D eigenvalue weighted by Crippen LogP contribution is 2.27. The molecular weight excluding hydrogens is 430 g/mol. The maximum Gasteiger partial charge on any atom is 0.274 e. The third kappa shape index (κ3) is 5.16. The second kappa shape index (κ2) is 10.1. The predicted molar refractivity (Wildman–Crippen MR) is 131 cm³/mol. The lowest BCUT2D eigenvalue weighted by molar-refractivity contribution is -0.113. The Bertz CT molecular complexity index is 1160. The van der Waals surface area contributed by atoms with Crippen LogP contribution in [0.3, 0.4) is 0 Å². The Kier molecular flexibility index (Phi) is 7.50. The minimum absolute atomic E-state index is 0.134. The molecule has 31 heavy (non-hydrogen) atoms. The first-order valence-electron chi connectivity index (χ1n) is 10.1. The Morgan fingerprint density at radius 2 is 2.00 bits per heavy atom. The molecule has 164 valence electrons. The number of carbonyl (C=O) groups is 1. The van der Waals surface area contributed by atoms with E-state index in [1.807, 2.05) is 32.0 Å². The zero-order valence-corrected chi connectivity index (χ0v) is 19.9. The lowest BCUT2D eigenvalue weighted by atomic mass is 10.1. The summed E-state index contributed by atoms with van der Waals surface area (Å²) in [7, 11) is 0. The van der Waals surface area contributed by atoms with Gasteiger partial charge in [-0.1, -0.05) is 35.2 Å². The first-order valence-corrected chi connectivity index (χ1v) is 11.9. The normalized spacial score (nSPS) is 11.0. The van der Waals surface area contributed by atoms with Gasteiger partial charge in [0.05, 0.1) is 5.75 Å². The molecule has 0 unspecified atom stereocenters. The zero-order valence-electron chi connectivity index (χ0n) is 18.3. The number of benzene rings is 1. The Labute approximate surface area is 190 Å². The lowest BCUT2D eigenvalue weighted by Crippen LogP contribution is -2.23. The zero-order chi connectivity index (χ0) is 22.5. The van der Waals surface area contributed by atoms with Crippen LogP contribution in [0, 0.1) is 13.8 Å². The molecule has 0 bridgehead atoms. The summed E-state index contributed by atoms with van der Waals surface area (Å²) in [5.41, 5.74) is 3.31. The molecule has 0 aliphatic carbocycles. The number of thioether (sulfide) groups is 1. The quantitative estimate of drug-likeness (QED) is 0.294. The smallest absolute Gasteiger partial charge is 0.274 e. The Hall–Kier alpha value is -2.65. The molecule has 0 aliphatic heterocycles. The molecule has 2 aromatic heterocycles. The molecule has 0 saturated carbocycles. The minimum atomic E-state index is -0.158. The number of thiazole rings is 1. The van der Waals surface area contributed by atoms with Gasteiger partial charge in [0.1, 0.15) is 4.70 Å². The van der Waals surface area contributed by atoms with Crippen molar-refractivity contribution in [1.82, 2.24) is 14.5 Å². The molecule has 0 atom stereocenters. The summed E-state index contributed by atoms with van der Waals surface area (Å²) >= 11 is 2.58. The van der Waals surface area contributed by atoms with Crippen molar-refractivity contribution in [3.8, 4) is 0 Å². The van der Waals surface area contributed by atoms with Crippen molar-refractivity contribution in [2.24, 2.45) is 0 Å². The van der Waals surface area contributed by atoms with E-state index in [0.29, 0.717) is 22.0 Å². The van der Waals surface area contributed by atoms with Crippen molar-refractivity contribution in [3.05, 3.63) is 52.3 Å². The van der Waals surface area contributed by atoms with Crippen LogP contribution in [0.5, 0.6) is 0 Å². The number of allylic oxidation sites excluding steroid dienone is 1. The van der Waals surface area contributed by atoms with Gasteiger partial charge in [-0.25, -0.2) is 4.98 Å². The van der Waals surface area contributed by atoms with Crippen LogP contribution in [0.2, 0.25) is 0 Å². The number of carbonyl (C=O) groups excluding carboxylic acids is 1. The molecule has 1 N–H and O–H groups in total. The molecule has 1 aromatic carbocycles. The van der Waals surface area contributed by atoms with E-state index in [1.165, 1.54) is 28.7 Å². The van der Waals surface area contributed by atoms with Crippen molar-refractivity contribution in [3.63, 3.8) is 0 Å². The van der Waals surface area contributed by atoms with E-state index >= 15 is 0 Å². The van der Waals surface area contributed by atoms with Crippen molar-refractivity contribution in [1.29, 1.82) is 0 Å². The molecule has 7 nitrogen and oxygen atoms in total. The number of fused-ring (bicyclic) bond motifs is 1. The van der Waals surface area contributed by atoms with Gasteiger partial charge >= 0.3 is 0 Å². The number of aryl methyl sites for hydroxylation is 2. The predicted octanol–water partition coefficient (Wildman–Crippen LogP) is 4.23. The Balaban J connectivity index is 1.85. The number of anilines is 2. The van der Waals surface area contributed by atoms with Gasteiger partial charge in [0.15, 0.2) is 15.9 Å². The molecule has 0 spiro atoms. The average Bonchev–Trinajstić information content (AvgIpc) is 3.16. The highest BCUT2D eigenvalue weighted by molar-refractivity contribution is 7.99. The molecule has 0 fully saturated rings. The van der Waals surface area contributed by atoms with Crippen LogP contribution in [-0.2, 0) is 11.3 Å². The molecule has 3 rings (SSSR count). The molecule has 0 saturated heterocycles. The van der Waals surface area contributed by atoms with Gasteiger partial charge < -0.3 is 10.2 Å². The Morgan fingerprint density at radius 1 is 1.26 bits per heavy atom. The van der Waals surface area contributed by atoms with Crippen molar-refractivity contribution < 1.29 is 4.79 Å². The van der Waals surface area contributed by atoms with E-state index in [4.69, 9.17) is 0 Å². The SMILES string of the molecule is C=CCn1c(SCC(=O)Nc2ccc(C)c(C)c2)nc2nc(N(CC)CC)sc2c1=O. The summed E-state index contributed by atoms with van der Waals surface area (Å²) in [5.74, 6) is -0.0236. The van der Waals surface area contributed by atoms with Gasteiger partial charge in [0, 0.05) is 25.3 Å². The van der Waals surface area contributed by atoms with Crippen molar-refractivity contribution >= 4 is 50.2 Å². The molecule has 9 heteroatoms. The topological polar surface area (TPSA) is 80.1 Å². The highest BCUT2D eigenvalue weighted by atomic mass is 32.2. The molecule has 3 aromatic rings. The fourth-order valence-corrected chi connectivity index (χ4v) is 4.93. The monoisotopic (exact) mass is 457 g/mol. The highest BCUT2D eigenvalue weighted by Gasteiger charge is 2.18. The standard InChI is InChI=1S/C22H27N5O2S2/c1-6-11-27-20(29)18-19(24-21(31-18)26(7-2)8-3)25-22(27)30-13-17(28)23-16-10-9-14(4)15(5)12-16/h6,9-10,12H,1,7-8,11,13H2,2-5H3,(H,23,28). The van der Waals surface area contributed by atoms with Crippen LogP contribution in [0.15, 0.2) is 40.8 Å². The van der Waals surface area contributed by atoms with E-state index in [9.17, 15) is 9.59 Å². The first kappa shape index (κ1) is 23.0. The number of hydrogen-bond donors (Lipinski definition) is 1. The molecule has 0 radical (unpaired) electrons. The van der Waals surface area contributed by atoms with Gasteiger partial charge in [-0.15, -0.1) is 6.58 Å². The fourth-order valence-electron chi connectivity index (χ4n) is 3.05. The Morgan fingerprint density at radius 3 is 2.65 bits per heavy atom. The summed E-state index contributed by atoms with van der Waals surface area (Å²) in [6.45, 7) is 13.8. The van der Waals surface area contributed by atoms with Crippen LogP contribution in [0.4, 0.5) is 10.8 Å². The van der Waals surface area contributed by atoms with Crippen LogP contribution in [-0.4, -0.2) is 39.3 Å². The number of aromatic nitrogens is 3. The van der Waals surface area contributed by atoms with Gasteiger partial charge in [-0.2, -0.15) is 4.98 Å². The number of nitrogens with zero attached hydrogens (tertiary/aromatic N) is 4. The van der Waals surface area contributed by atoms with Crippen LogP contribution >= 0.6 is 23.1 Å². The second-order valence-corrected chi connectivity index (χ2v) is 8.98. The van der Waals surface area contributed by atoms with Gasteiger partial charge in [-0.3, -0.25) is 14.2 Å². The fraction of sp³-hybridized carbons (Fsp3) is 0.364.